The Morgan fingerprint density at radius 2 is 1.96 bits per heavy atom. The molecule has 0 N–H and O–H groups in total. The van der Waals surface area contributed by atoms with Crippen molar-refractivity contribution in [3.8, 4) is 0 Å². The summed E-state index contributed by atoms with van der Waals surface area (Å²) in [7, 11) is 3.41. The zero-order valence-electron chi connectivity index (χ0n) is 15.5. The Balaban J connectivity index is 1.91. The number of carbonyl (C=O) groups is 2. The molecule has 0 unspecified atom stereocenters. The highest BCUT2D eigenvalue weighted by atomic mass is 32.1. The number of likely N-dealkylation sites (tertiary alicyclic amines) is 1. The maximum atomic E-state index is 13.0. The molecule has 0 radical (unpaired) electrons. The Bertz CT molecular complexity index is 833. The number of nitrogens with zero attached hydrogens (tertiary/aromatic N) is 5. The Morgan fingerprint density at radius 1 is 1.19 bits per heavy atom. The average molecular weight is 373 g/mol. The molecule has 1 fully saturated rings. The highest BCUT2D eigenvalue weighted by Crippen LogP contribution is 2.31. The number of aromatic nitrogens is 3. The summed E-state index contributed by atoms with van der Waals surface area (Å²) in [6, 6.07) is -0.167. The molecular formula is C18H23N5O2S. The van der Waals surface area contributed by atoms with E-state index in [1.165, 1.54) is 16.2 Å². The fourth-order valence-electron chi connectivity index (χ4n) is 3.18. The van der Waals surface area contributed by atoms with E-state index in [1.807, 2.05) is 18.7 Å². The van der Waals surface area contributed by atoms with Gasteiger partial charge in [0.15, 0.2) is 5.82 Å². The van der Waals surface area contributed by atoms with Crippen LogP contribution in [-0.2, 0) is 0 Å². The van der Waals surface area contributed by atoms with Gasteiger partial charge >= 0.3 is 0 Å². The second kappa shape index (κ2) is 7.49. The van der Waals surface area contributed by atoms with E-state index in [0.29, 0.717) is 28.5 Å². The molecular weight excluding hydrogens is 350 g/mol. The highest BCUT2D eigenvalue weighted by molar-refractivity contribution is 7.11. The first-order valence-corrected chi connectivity index (χ1v) is 9.54. The first kappa shape index (κ1) is 18.4. The van der Waals surface area contributed by atoms with E-state index < -0.39 is 0 Å². The molecule has 7 nitrogen and oxygen atoms in total. The summed E-state index contributed by atoms with van der Waals surface area (Å²) in [5.74, 6) is 0.475. The Hall–Kier alpha value is -2.35. The predicted octanol–water partition coefficient (Wildman–Crippen LogP) is 2.62. The number of hydrogen-bond donors (Lipinski definition) is 0. The maximum absolute atomic E-state index is 13.0. The molecule has 0 spiro atoms. The van der Waals surface area contributed by atoms with Crippen molar-refractivity contribution in [2.45, 2.75) is 39.2 Å². The molecule has 0 bridgehead atoms. The molecule has 1 saturated heterocycles. The van der Waals surface area contributed by atoms with Crippen LogP contribution in [0.15, 0.2) is 11.7 Å². The van der Waals surface area contributed by atoms with Crippen molar-refractivity contribution in [3.05, 3.63) is 39.4 Å². The minimum atomic E-state index is -0.167. The summed E-state index contributed by atoms with van der Waals surface area (Å²) in [5, 5.41) is 0. The third-order valence-electron chi connectivity index (χ3n) is 4.64. The van der Waals surface area contributed by atoms with Crippen LogP contribution >= 0.6 is 11.3 Å². The van der Waals surface area contributed by atoms with E-state index in [0.717, 1.165) is 25.0 Å². The second-order valence-electron chi connectivity index (χ2n) is 6.70. The van der Waals surface area contributed by atoms with Crippen molar-refractivity contribution in [2.75, 3.05) is 20.6 Å². The Morgan fingerprint density at radius 3 is 2.58 bits per heavy atom. The van der Waals surface area contributed by atoms with Gasteiger partial charge in [-0.25, -0.2) is 15.0 Å². The lowest BCUT2D eigenvalue weighted by atomic mass is 10.0. The van der Waals surface area contributed by atoms with Crippen molar-refractivity contribution in [1.82, 2.24) is 24.8 Å². The standard InChI is InChI=1S/C18H23N5O2S/c1-11-13(17(24)22(3)4)9-19-16(21-11)14-7-5-6-8-23(14)18(25)15-12(2)20-10-26-15/h9-10,14H,5-8H2,1-4H3/t14-/m1/s1. The summed E-state index contributed by atoms with van der Waals surface area (Å²) < 4.78 is 0. The minimum Gasteiger partial charge on any atom is -0.345 e. The molecule has 138 valence electrons. The van der Waals surface area contributed by atoms with Crippen LogP contribution in [0.25, 0.3) is 0 Å². The van der Waals surface area contributed by atoms with Crippen molar-refractivity contribution >= 4 is 23.2 Å². The average Bonchev–Trinajstić information content (AvgIpc) is 3.06. The van der Waals surface area contributed by atoms with Gasteiger partial charge in [0.05, 0.1) is 28.5 Å². The van der Waals surface area contributed by atoms with Gasteiger partial charge in [0.25, 0.3) is 11.8 Å². The first-order chi connectivity index (χ1) is 12.4. The summed E-state index contributed by atoms with van der Waals surface area (Å²) in [5.41, 5.74) is 3.59. The number of thiazole rings is 1. The molecule has 8 heteroatoms. The smallest absolute Gasteiger partial charge is 0.266 e. The fraction of sp³-hybridized carbons (Fsp3) is 0.500. The topological polar surface area (TPSA) is 79.3 Å². The number of amides is 2. The van der Waals surface area contributed by atoms with E-state index in [2.05, 4.69) is 15.0 Å². The lowest BCUT2D eigenvalue weighted by Crippen LogP contribution is -2.39. The molecule has 2 amide bonds. The summed E-state index contributed by atoms with van der Waals surface area (Å²) >= 11 is 1.37. The maximum Gasteiger partial charge on any atom is 0.266 e. The van der Waals surface area contributed by atoms with Crippen LogP contribution in [0.3, 0.4) is 0 Å². The summed E-state index contributed by atoms with van der Waals surface area (Å²) in [6.45, 7) is 4.34. The molecule has 0 aliphatic carbocycles. The van der Waals surface area contributed by atoms with E-state index >= 15 is 0 Å². The van der Waals surface area contributed by atoms with E-state index in [1.54, 1.807) is 25.8 Å². The van der Waals surface area contributed by atoms with E-state index in [4.69, 9.17) is 0 Å². The molecule has 3 rings (SSSR count). The molecule has 0 saturated carbocycles. The monoisotopic (exact) mass is 373 g/mol. The second-order valence-corrected chi connectivity index (χ2v) is 7.56. The van der Waals surface area contributed by atoms with Crippen molar-refractivity contribution < 1.29 is 9.59 Å². The summed E-state index contributed by atoms with van der Waals surface area (Å²) in [4.78, 5) is 42.4. The molecule has 2 aromatic rings. The number of carbonyl (C=O) groups excluding carboxylic acids is 2. The molecule has 1 aliphatic rings. The largest absolute Gasteiger partial charge is 0.345 e. The quantitative estimate of drug-likeness (QED) is 0.826. The fourth-order valence-corrected chi connectivity index (χ4v) is 3.93. The highest BCUT2D eigenvalue weighted by Gasteiger charge is 2.32. The number of aryl methyl sites for hydroxylation is 2. The molecule has 3 heterocycles. The zero-order chi connectivity index (χ0) is 18.8. The molecule has 26 heavy (non-hydrogen) atoms. The molecule has 0 aromatic carbocycles. The number of hydrogen-bond acceptors (Lipinski definition) is 6. The van der Waals surface area contributed by atoms with Gasteiger partial charge in [0, 0.05) is 26.8 Å². The molecule has 2 aromatic heterocycles. The number of rotatable bonds is 3. The zero-order valence-corrected chi connectivity index (χ0v) is 16.3. The Kier molecular flexibility index (Phi) is 5.31. The van der Waals surface area contributed by atoms with Gasteiger partial charge < -0.3 is 9.80 Å². The van der Waals surface area contributed by atoms with Crippen LogP contribution < -0.4 is 0 Å². The lowest BCUT2D eigenvalue weighted by Gasteiger charge is -2.34. The molecule has 1 aliphatic heterocycles. The van der Waals surface area contributed by atoms with E-state index in [9.17, 15) is 9.59 Å². The van der Waals surface area contributed by atoms with Crippen LogP contribution in [0.5, 0.6) is 0 Å². The number of piperidine rings is 1. The van der Waals surface area contributed by atoms with Crippen LogP contribution in [0, 0.1) is 13.8 Å². The minimum absolute atomic E-state index is 0.00982. The van der Waals surface area contributed by atoms with E-state index in [-0.39, 0.29) is 17.9 Å². The van der Waals surface area contributed by atoms with Gasteiger partial charge in [0.2, 0.25) is 0 Å². The third kappa shape index (κ3) is 3.46. The first-order valence-electron chi connectivity index (χ1n) is 8.66. The van der Waals surface area contributed by atoms with Crippen molar-refractivity contribution in [1.29, 1.82) is 0 Å². The van der Waals surface area contributed by atoms with Crippen LogP contribution in [-0.4, -0.2) is 57.2 Å². The van der Waals surface area contributed by atoms with Crippen LogP contribution in [0.1, 0.15) is 62.5 Å². The van der Waals surface area contributed by atoms with Gasteiger partial charge in [-0.3, -0.25) is 9.59 Å². The third-order valence-corrected chi connectivity index (χ3v) is 5.55. The SMILES string of the molecule is Cc1nc([C@H]2CCCCN2C(=O)c2scnc2C)ncc1C(=O)N(C)C. The molecule has 1 atom stereocenters. The van der Waals surface area contributed by atoms with Crippen molar-refractivity contribution in [2.24, 2.45) is 0 Å². The normalized spacial score (nSPS) is 17.2. The van der Waals surface area contributed by atoms with Crippen LogP contribution in [0.4, 0.5) is 0 Å². The Labute approximate surface area is 157 Å². The van der Waals surface area contributed by atoms with Gasteiger partial charge in [-0.2, -0.15) is 0 Å². The summed E-state index contributed by atoms with van der Waals surface area (Å²) in [6.07, 6.45) is 4.40. The van der Waals surface area contributed by atoms with Gasteiger partial charge in [0.1, 0.15) is 4.88 Å². The van der Waals surface area contributed by atoms with Crippen LogP contribution in [0.2, 0.25) is 0 Å². The van der Waals surface area contributed by atoms with Crippen molar-refractivity contribution in [3.63, 3.8) is 0 Å². The van der Waals surface area contributed by atoms with Gasteiger partial charge in [-0.05, 0) is 33.1 Å². The van der Waals surface area contributed by atoms with Gasteiger partial charge in [-0.1, -0.05) is 0 Å². The lowest BCUT2D eigenvalue weighted by molar-refractivity contribution is 0.0602. The predicted molar refractivity (Wildman–Crippen MR) is 99.3 cm³/mol. The van der Waals surface area contributed by atoms with Gasteiger partial charge in [-0.15, -0.1) is 11.3 Å².